The van der Waals surface area contributed by atoms with Gasteiger partial charge in [0.25, 0.3) is 0 Å². The van der Waals surface area contributed by atoms with E-state index in [1.54, 1.807) is 11.8 Å². The maximum absolute atomic E-state index is 11.9. The molecular formula is C14H15N3O3S3. The molecule has 1 amide bonds. The van der Waals surface area contributed by atoms with Crippen LogP contribution in [0.1, 0.15) is 12.5 Å². The van der Waals surface area contributed by atoms with Crippen LogP contribution >= 0.6 is 34.9 Å². The van der Waals surface area contributed by atoms with Crippen molar-refractivity contribution in [2.75, 3.05) is 18.3 Å². The number of ether oxygens (including phenoxy) is 2. The van der Waals surface area contributed by atoms with E-state index in [-0.39, 0.29) is 12.7 Å². The van der Waals surface area contributed by atoms with E-state index in [1.165, 1.54) is 23.1 Å². The predicted octanol–water partition coefficient (Wildman–Crippen LogP) is 2.79. The molecule has 122 valence electrons. The Bertz CT molecular complexity index is 693. The average molecular weight is 369 g/mol. The SMILES string of the molecule is CCSc1nnc(SCC(=O)NCc2ccc3c(c2)OCO3)s1. The van der Waals surface area contributed by atoms with Gasteiger partial charge in [-0.15, -0.1) is 10.2 Å². The predicted molar refractivity (Wildman–Crippen MR) is 91.4 cm³/mol. The highest BCUT2D eigenvalue weighted by atomic mass is 32.2. The lowest BCUT2D eigenvalue weighted by Crippen LogP contribution is -2.24. The van der Waals surface area contributed by atoms with Gasteiger partial charge in [-0.3, -0.25) is 4.79 Å². The fourth-order valence-corrected chi connectivity index (χ4v) is 4.61. The second-order valence-electron chi connectivity index (χ2n) is 4.52. The number of hydrogen-bond acceptors (Lipinski definition) is 8. The quantitative estimate of drug-likeness (QED) is 0.752. The van der Waals surface area contributed by atoms with Crippen molar-refractivity contribution in [1.29, 1.82) is 0 Å². The minimum atomic E-state index is -0.0347. The molecule has 1 aromatic heterocycles. The summed E-state index contributed by atoms with van der Waals surface area (Å²) in [5.74, 6) is 2.73. The first-order valence-electron chi connectivity index (χ1n) is 6.99. The first-order valence-corrected chi connectivity index (χ1v) is 9.77. The van der Waals surface area contributed by atoms with Gasteiger partial charge in [-0.1, -0.05) is 47.9 Å². The highest BCUT2D eigenvalue weighted by Gasteiger charge is 2.13. The third-order valence-electron chi connectivity index (χ3n) is 2.91. The summed E-state index contributed by atoms with van der Waals surface area (Å²) in [5.41, 5.74) is 0.977. The summed E-state index contributed by atoms with van der Waals surface area (Å²) < 4.78 is 12.3. The van der Waals surface area contributed by atoms with Crippen molar-refractivity contribution in [3.05, 3.63) is 23.8 Å². The summed E-state index contributed by atoms with van der Waals surface area (Å²) >= 11 is 4.58. The van der Waals surface area contributed by atoms with Crippen LogP contribution < -0.4 is 14.8 Å². The van der Waals surface area contributed by atoms with Crippen molar-refractivity contribution >= 4 is 40.8 Å². The summed E-state index contributed by atoms with van der Waals surface area (Å²) in [6.07, 6.45) is 0. The van der Waals surface area contributed by atoms with Crippen LogP contribution in [0.4, 0.5) is 0 Å². The van der Waals surface area contributed by atoms with E-state index < -0.39 is 0 Å². The summed E-state index contributed by atoms with van der Waals surface area (Å²) in [6.45, 7) is 2.79. The van der Waals surface area contributed by atoms with Crippen molar-refractivity contribution < 1.29 is 14.3 Å². The minimum Gasteiger partial charge on any atom is -0.454 e. The van der Waals surface area contributed by atoms with Crippen molar-refractivity contribution in [3.8, 4) is 11.5 Å². The molecule has 0 saturated carbocycles. The third kappa shape index (κ3) is 4.52. The van der Waals surface area contributed by atoms with Crippen LogP contribution in [0.25, 0.3) is 0 Å². The highest BCUT2D eigenvalue weighted by Crippen LogP contribution is 2.32. The zero-order valence-corrected chi connectivity index (χ0v) is 14.9. The molecule has 0 saturated heterocycles. The van der Waals surface area contributed by atoms with E-state index >= 15 is 0 Å². The molecular weight excluding hydrogens is 354 g/mol. The molecule has 0 bridgehead atoms. The van der Waals surface area contributed by atoms with E-state index in [0.29, 0.717) is 12.3 Å². The molecule has 1 N–H and O–H groups in total. The molecule has 2 aromatic rings. The maximum Gasteiger partial charge on any atom is 0.231 e. The van der Waals surface area contributed by atoms with Gasteiger partial charge in [0.1, 0.15) is 0 Å². The summed E-state index contributed by atoms with van der Waals surface area (Å²) in [6, 6.07) is 5.65. The number of carbonyl (C=O) groups is 1. The molecule has 3 rings (SSSR count). The van der Waals surface area contributed by atoms with Crippen molar-refractivity contribution in [3.63, 3.8) is 0 Å². The molecule has 0 radical (unpaired) electrons. The Balaban J connectivity index is 1.44. The number of benzene rings is 1. The second kappa shape index (κ2) is 7.89. The van der Waals surface area contributed by atoms with Gasteiger partial charge in [-0.05, 0) is 23.4 Å². The minimum absolute atomic E-state index is 0.0347. The molecule has 0 spiro atoms. The first-order chi connectivity index (χ1) is 11.2. The van der Waals surface area contributed by atoms with E-state index in [9.17, 15) is 4.79 Å². The lowest BCUT2D eigenvalue weighted by molar-refractivity contribution is -0.118. The van der Waals surface area contributed by atoms with E-state index in [1.807, 2.05) is 18.2 Å². The Kier molecular flexibility index (Phi) is 5.63. The number of nitrogens with one attached hydrogen (secondary N) is 1. The Morgan fingerprint density at radius 1 is 1.26 bits per heavy atom. The van der Waals surface area contributed by atoms with Gasteiger partial charge < -0.3 is 14.8 Å². The molecule has 2 heterocycles. The number of thioether (sulfide) groups is 2. The lowest BCUT2D eigenvalue weighted by atomic mass is 10.2. The van der Waals surface area contributed by atoms with Crippen LogP contribution in [-0.2, 0) is 11.3 Å². The molecule has 0 aliphatic carbocycles. The van der Waals surface area contributed by atoms with Crippen LogP contribution in [0.2, 0.25) is 0 Å². The zero-order chi connectivity index (χ0) is 16.1. The fraction of sp³-hybridized carbons (Fsp3) is 0.357. The van der Waals surface area contributed by atoms with Gasteiger partial charge in [0.15, 0.2) is 20.2 Å². The average Bonchev–Trinajstić information content (AvgIpc) is 3.19. The highest BCUT2D eigenvalue weighted by molar-refractivity contribution is 8.03. The topological polar surface area (TPSA) is 73.3 Å². The molecule has 1 aromatic carbocycles. The lowest BCUT2D eigenvalue weighted by Gasteiger charge is -2.05. The second-order valence-corrected chi connectivity index (χ2v) is 8.23. The van der Waals surface area contributed by atoms with Crippen LogP contribution in [0.15, 0.2) is 26.9 Å². The third-order valence-corrected chi connectivity index (χ3v) is 5.98. The standard InChI is InChI=1S/C14H15N3O3S3/c1-2-21-13-16-17-14(23-13)22-7-12(18)15-6-9-3-4-10-11(5-9)20-8-19-10/h3-5H,2,6-8H2,1H3,(H,15,18). The summed E-state index contributed by atoms with van der Waals surface area (Å²) in [4.78, 5) is 11.9. The smallest absolute Gasteiger partial charge is 0.231 e. The number of amides is 1. The van der Waals surface area contributed by atoms with Crippen LogP contribution in [0.5, 0.6) is 11.5 Å². The Morgan fingerprint density at radius 3 is 2.87 bits per heavy atom. The first kappa shape index (κ1) is 16.4. The molecule has 23 heavy (non-hydrogen) atoms. The number of hydrogen-bond donors (Lipinski definition) is 1. The van der Waals surface area contributed by atoms with Gasteiger partial charge in [-0.25, -0.2) is 0 Å². The fourth-order valence-electron chi connectivity index (χ4n) is 1.87. The number of carbonyl (C=O) groups excluding carboxylic acids is 1. The van der Waals surface area contributed by atoms with Crippen LogP contribution in [-0.4, -0.2) is 34.4 Å². The Morgan fingerprint density at radius 2 is 2.04 bits per heavy atom. The summed E-state index contributed by atoms with van der Waals surface area (Å²) in [7, 11) is 0. The molecule has 6 nitrogen and oxygen atoms in total. The van der Waals surface area contributed by atoms with Crippen LogP contribution in [0, 0.1) is 0 Å². The number of nitrogens with zero attached hydrogens (tertiary/aromatic N) is 2. The van der Waals surface area contributed by atoms with Crippen molar-refractivity contribution in [1.82, 2.24) is 15.5 Å². The number of aromatic nitrogens is 2. The molecule has 0 unspecified atom stereocenters. The summed E-state index contributed by atoms with van der Waals surface area (Å²) in [5, 5.41) is 11.0. The van der Waals surface area contributed by atoms with Gasteiger partial charge >= 0.3 is 0 Å². The van der Waals surface area contributed by atoms with Gasteiger partial charge in [0, 0.05) is 6.54 Å². The molecule has 9 heteroatoms. The molecule has 1 aliphatic rings. The van der Waals surface area contributed by atoms with E-state index in [4.69, 9.17) is 9.47 Å². The van der Waals surface area contributed by atoms with Crippen molar-refractivity contribution in [2.24, 2.45) is 0 Å². The van der Waals surface area contributed by atoms with E-state index in [2.05, 4.69) is 22.4 Å². The normalized spacial score (nSPS) is 12.4. The number of rotatable bonds is 7. The Hall–Kier alpha value is -1.45. The molecule has 1 aliphatic heterocycles. The maximum atomic E-state index is 11.9. The van der Waals surface area contributed by atoms with Gasteiger partial charge in [0.2, 0.25) is 12.7 Å². The monoisotopic (exact) mass is 369 g/mol. The molecule has 0 atom stereocenters. The number of fused-ring (bicyclic) bond motifs is 1. The molecule has 0 fully saturated rings. The largest absolute Gasteiger partial charge is 0.454 e. The van der Waals surface area contributed by atoms with Gasteiger partial charge in [-0.2, -0.15) is 0 Å². The van der Waals surface area contributed by atoms with E-state index in [0.717, 1.165) is 31.5 Å². The zero-order valence-electron chi connectivity index (χ0n) is 12.4. The van der Waals surface area contributed by atoms with Gasteiger partial charge in [0.05, 0.1) is 5.75 Å². The van der Waals surface area contributed by atoms with Crippen molar-refractivity contribution in [2.45, 2.75) is 22.1 Å². The van der Waals surface area contributed by atoms with Crippen LogP contribution in [0.3, 0.4) is 0 Å². The Labute approximate surface area is 146 Å².